The van der Waals surface area contributed by atoms with Gasteiger partial charge in [-0.05, 0) is 53.7 Å². The van der Waals surface area contributed by atoms with Crippen LogP contribution in [-0.2, 0) is 0 Å². The lowest BCUT2D eigenvalue weighted by atomic mass is 10.1. The number of benzene rings is 1. The van der Waals surface area contributed by atoms with Crippen molar-refractivity contribution in [3.8, 4) is 0 Å². The van der Waals surface area contributed by atoms with E-state index in [0.717, 1.165) is 0 Å². The maximum absolute atomic E-state index is 3.74. The van der Waals surface area contributed by atoms with Crippen molar-refractivity contribution in [3.05, 3.63) is 75.4 Å². The molecular weight excluding hydrogens is 319 g/mol. The molecule has 0 saturated heterocycles. The summed E-state index contributed by atoms with van der Waals surface area (Å²) in [5.41, 5.74) is 3.69. The Labute approximate surface area is 118 Å². The predicted octanol–water partition coefficient (Wildman–Crippen LogP) is 5.46. The quantitative estimate of drug-likeness (QED) is 0.506. The molecule has 0 aliphatic rings. The van der Waals surface area contributed by atoms with Gasteiger partial charge in [-0.15, -0.1) is 0 Å². The van der Waals surface area contributed by atoms with Crippen LogP contribution in [0.1, 0.15) is 18.1 Å². The van der Waals surface area contributed by atoms with Crippen LogP contribution in [0.5, 0.6) is 0 Å². The first-order valence-electron chi connectivity index (χ1n) is 5.57. The summed E-state index contributed by atoms with van der Waals surface area (Å²) in [5.74, 6) is 0. The highest BCUT2D eigenvalue weighted by Crippen LogP contribution is 2.22. The van der Waals surface area contributed by atoms with Gasteiger partial charge in [0.25, 0.3) is 0 Å². The summed E-state index contributed by atoms with van der Waals surface area (Å²) in [6, 6.07) is 8.52. The Morgan fingerprint density at radius 3 is 2.41 bits per heavy atom. The zero-order valence-electron chi connectivity index (χ0n) is 10.3. The fourth-order valence-electron chi connectivity index (χ4n) is 1.41. The van der Waals surface area contributed by atoms with E-state index in [-0.39, 0.29) is 0 Å². The number of allylic oxidation sites excluding steroid dienone is 6. The van der Waals surface area contributed by atoms with Crippen molar-refractivity contribution < 1.29 is 0 Å². The molecule has 88 valence electrons. The van der Waals surface area contributed by atoms with Crippen LogP contribution in [0.15, 0.2) is 64.3 Å². The number of hydrogen-bond donors (Lipinski definition) is 0. The van der Waals surface area contributed by atoms with E-state index in [1.54, 1.807) is 0 Å². The molecular formula is C16H17I. The van der Waals surface area contributed by atoms with Gasteiger partial charge >= 0.3 is 0 Å². The van der Waals surface area contributed by atoms with E-state index >= 15 is 0 Å². The van der Waals surface area contributed by atoms with Crippen LogP contribution in [0.25, 0.3) is 6.08 Å². The molecule has 17 heavy (non-hydrogen) atoms. The van der Waals surface area contributed by atoms with Crippen LogP contribution in [0.3, 0.4) is 0 Å². The van der Waals surface area contributed by atoms with E-state index in [1.807, 2.05) is 25.2 Å². The van der Waals surface area contributed by atoms with Crippen molar-refractivity contribution in [2.24, 2.45) is 0 Å². The van der Waals surface area contributed by atoms with Gasteiger partial charge in [0.1, 0.15) is 0 Å². The maximum Gasteiger partial charge on any atom is 0.0208 e. The molecule has 1 aromatic carbocycles. The summed E-state index contributed by atoms with van der Waals surface area (Å²) in [6.45, 7) is 7.86. The molecule has 0 radical (unpaired) electrons. The summed E-state index contributed by atoms with van der Waals surface area (Å²) >= 11 is 2.36. The highest BCUT2D eigenvalue weighted by atomic mass is 127. The van der Waals surface area contributed by atoms with Crippen LogP contribution in [0, 0.1) is 6.92 Å². The van der Waals surface area contributed by atoms with Gasteiger partial charge in [0.05, 0.1) is 0 Å². The van der Waals surface area contributed by atoms with E-state index in [4.69, 9.17) is 0 Å². The lowest BCUT2D eigenvalue weighted by Crippen LogP contribution is -1.79. The average molecular weight is 336 g/mol. The molecule has 0 fully saturated rings. The van der Waals surface area contributed by atoms with Crippen LogP contribution in [0.2, 0.25) is 0 Å². The Morgan fingerprint density at radius 2 is 1.88 bits per heavy atom. The predicted molar refractivity (Wildman–Crippen MR) is 86.3 cm³/mol. The van der Waals surface area contributed by atoms with Crippen molar-refractivity contribution in [1.29, 1.82) is 0 Å². The molecule has 0 atom stereocenters. The number of hydrogen-bond acceptors (Lipinski definition) is 0. The number of halogens is 1. The molecule has 1 rings (SSSR count). The van der Waals surface area contributed by atoms with E-state index in [2.05, 4.69) is 72.5 Å². The lowest BCUT2D eigenvalue weighted by molar-refractivity contribution is 1.46. The van der Waals surface area contributed by atoms with Crippen molar-refractivity contribution >= 4 is 28.7 Å². The van der Waals surface area contributed by atoms with Crippen molar-refractivity contribution in [2.75, 3.05) is 0 Å². The van der Waals surface area contributed by atoms with E-state index in [0.29, 0.717) is 0 Å². The Bertz CT molecular complexity index is 459. The molecule has 0 amide bonds. The highest BCUT2D eigenvalue weighted by molar-refractivity contribution is 14.1. The van der Waals surface area contributed by atoms with Crippen LogP contribution in [0.4, 0.5) is 0 Å². The number of aryl methyl sites for hydroxylation is 1. The molecule has 0 spiro atoms. The van der Waals surface area contributed by atoms with Crippen molar-refractivity contribution in [2.45, 2.75) is 13.8 Å². The second-order valence-electron chi connectivity index (χ2n) is 3.76. The Kier molecular flexibility index (Phi) is 5.98. The fraction of sp³-hybridized carbons (Fsp3) is 0.125. The monoisotopic (exact) mass is 336 g/mol. The van der Waals surface area contributed by atoms with E-state index in [1.165, 1.54) is 20.3 Å². The minimum absolute atomic E-state index is 1.18. The third kappa shape index (κ3) is 4.73. The Morgan fingerprint density at radius 1 is 1.24 bits per heavy atom. The van der Waals surface area contributed by atoms with Crippen LogP contribution < -0.4 is 0 Å². The third-order valence-corrected chi connectivity index (χ3v) is 3.22. The van der Waals surface area contributed by atoms with Gasteiger partial charge in [-0.3, -0.25) is 0 Å². The van der Waals surface area contributed by atoms with Crippen LogP contribution in [-0.4, -0.2) is 0 Å². The molecule has 0 saturated carbocycles. The average Bonchev–Trinajstić information content (AvgIpc) is 2.32. The largest absolute Gasteiger partial charge is 0.0990 e. The molecule has 0 bridgehead atoms. The molecule has 0 heterocycles. The number of rotatable bonds is 4. The Balaban J connectivity index is 3.01. The second-order valence-corrected chi connectivity index (χ2v) is 4.92. The summed E-state index contributed by atoms with van der Waals surface area (Å²) in [4.78, 5) is 0. The zero-order valence-corrected chi connectivity index (χ0v) is 12.4. The van der Waals surface area contributed by atoms with Gasteiger partial charge in [-0.1, -0.05) is 60.7 Å². The fourth-order valence-corrected chi connectivity index (χ4v) is 2.13. The van der Waals surface area contributed by atoms with Crippen LogP contribution >= 0.6 is 22.6 Å². The molecule has 0 aliphatic carbocycles. The maximum atomic E-state index is 3.74. The molecule has 0 N–H and O–H groups in total. The lowest BCUT2D eigenvalue weighted by Gasteiger charge is -2.01. The molecule has 0 aliphatic heterocycles. The molecule has 0 aromatic heterocycles. The standard InChI is InChI=1S/C16H17I/c1-4-6-15(7-5-2)16(17)12-14-10-8-13(3)9-11-14/h4-12H,1H2,2-3H3/b7-5-,15-6+,16-12-. The second kappa shape index (κ2) is 7.28. The highest BCUT2D eigenvalue weighted by Gasteiger charge is 1.97. The summed E-state index contributed by atoms with van der Waals surface area (Å²) in [6.07, 6.45) is 10.1. The topological polar surface area (TPSA) is 0 Å². The first kappa shape index (κ1) is 14.0. The normalized spacial score (nSPS) is 13.1. The van der Waals surface area contributed by atoms with Gasteiger partial charge in [0.15, 0.2) is 0 Å². The zero-order chi connectivity index (χ0) is 12.7. The Hall–Kier alpha value is -1.09. The van der Waals surface area contributed by atoms with Gasteiger partial charge in [0.2, 0.25) is 0 Å². The van der Waals surface area contributed by atoms with Crippen molar-refractivity contribution in [1.82, 2.24) is 0 Å². The smallest absolute Gasteiger partial charge is 0.0208 e. The minimum Gasteiger partial charge on any atom is -0.0990 e. The third-order valence-electron chi connectivity index (χ3n) is 2.29. The molecule has 1 aromatic rings. The minimum atomic E-state index is 1.18. The van der Waals surface area contributed by atoms with Gasteiger partial charge in [0, 0.05) is 3.58 Å². The van der Waals surface area contributed by atoms with Gasteiger partial charge < -0.3 is 0 Å². The van der Waals surface area contributed by atoms with E-state index in [9.17, 15) is 0 Å². The molecule has 0 unspecified atom stereocenters. The first-order chi connectivity index (χ1) is 8.17. The van der Waals surface area contributed by atoms with Gasteiger partial charge in [-0.2, -0.15) is 0 Å². The summed E-state index contributed by atoms with van der Waals surface area (Å²) in [7, 11) is 0. The van der Waals surface area contributed by atoms with Gasteiger partial charge in [-0.25, -0.2) is 0 Å². The molecule has 0 nitrogen and oxygen atoms in total. The van der Waals surface area contributed by atoms with Crippen molar-refractivity contribution in [3.63, 3.8) is 0 Å². The first-order valence-corrected chi connectivity index (χ1v) is 6.65. The summed E-state index contributed by atoms with van der Waals surface area (Å²) in [5, 5.41) is 0. The summed E-state index contributed by atoms with van der Waals surface area (Å²) < 4.78 is 1.21. The van der Waals surface area contributed by atoms with E-state index < -0.39 is 0 Å². The molecule has 1 heteroatoms. The SMILES string of the molecule is C=C/C=C(\C=C/C)C(/I)=C/c1ccc(C)cc1.